The molecule has 6 heteroatoms. The molecule has 0 radical (unpaired) electrons. The number of carbonyl (C=O) groups is 1. The van der Waals surface area contributed by atoms with Gasteiger partial charge in [0, 0.05) is 0 Å². The number of methoxy groups -OCH3 is 1. The minimum absolute atomic E-state index is 0.419. The van der Waals surface area contributed by atoms with Crippen molar-refractivity contribution in [2.75, 3.05) is 7.11 Å². The van der Waals surface area contributed by atoms with Crippen molar-refractivity contribution >= 4 is 28.7 Å². The lowest BCUT2D eigenvalue weighted by Gasteiger charge is -2.13. The van der Waals surface area contributed by atoms with E-state index in [1.807, 2.05) is 36.4 Å². The molecule has 0 amide bonds. The van der Waals surface area contributed by atoms with Crippen LogP contribution < -0.4 is 4.74 Å². The first kappa shape index (κ1) is 14.5. The van der Waals surface area contributed by atoms with E-state index in [1.165, 1.54) is 0 Å². The van der Waals surface area contributed by atoms with Crippen LogP contribution in [0.1, 0.15) is 17.0 Å². The van der Waals surface area contributed by atoms with Crippen molar-refractivity contribution in [2.45, 2.75) is 12.3 Å². The van der Waals surface area contributed by atoms with Crippen LogP contribution in [-0.4, -0.2) is 26.9 Å². The highest BCUT2D eigenvalue weighted by Gasteiger charge is 2.21. The Labute approximate surface area is 131 Å². The lowest BCUT2D eigenvalue weighted by Crippen LogP contribution is -2.14. The molecule has 3 rings (SSSR count). The largest absolute Gasteiger partial charge is 0.497 e. The molecule has 0 aliphatic heterocycles. The van der Waals surface area contributed by atoms with Crippen LogP contribution in [0.2, 0.25) is 0 Å². The van der Waals surface area contributed by atoms with Crippen molar-refractivity contribution in [3.8, 4) is 5.75 Å². The van der Waals surface area contributed by atoms with Gasteiger partial charge in [0.1, 0.15) is 16.8 Å². The maximum atomic E-state index is 11.6. The van der Waals surface area contributed by atoms with E-state index < -0.39 is 11.9 Å². The van der Waals surface area contributed by atoms with Crippen molar-refractivity contribution in [3.05, 3.63) is 53.6 Å². The van der Waals surface area contributed by atoms with Gasteiger partial charge in [-0.1, -0.05) is 18.2 Å². The fourth-order valence-corrected chi connectivity index (χ4v) is 2.88. The zero-order valence-electron chi connectivity index (χ0n) is 11.9. The van der Waals surface area contributed by atoms with Gasteiger partial charge in [0.05, 0.1) is 24.8 Å². The van der Waals surface area contributed by atoms with E-state index >= 15 is 0 Å². The SMILES string of the molecule is COc1ccc(CC(C(=O)O)c2ccc3nsnc3c2)cc1. The highest BCUT2D eigenvalue weighted by molar-refractivity contribution is 7.00. The third-order valence-electron chi connectivity index (χ3n) is 3.58. The Balaban J connectivity index is 1.89. The second-order valence-electron chi connectivity index (χ2n) is 4.96. The maximum Gasteiger partial charge on any atom is 0.311 e. The molecule has 1 unspecified atom stereocenters. The molecule has 22 heavy (non-hydrogen) atoms. The molecule has 0 saturated heterocycles. The van der Waals surface area contributed by atoms with Gasteiger partial charge in [-0.15, -0.1) is 0 Å². The van der Waals surface area contributed by atoms with Crippen LogP contribution in [0.25, 0.3) is 11.0 Å². The van der Waals surface area contributed by atoms with Crippen molar-refractivity contribution in [3.63, 3.8) is 0 Å². The Morgan fingerprint density at radius 1 is 1.18 bits per heavy atom. The number of carboxylic acids is 1. The first-order valence-corrected chi connectivity index (χ1v) is 7.48. The third kappa shape index (κ3) is 2.92. The number of benzene rings is 2. The number of aromatic nitrogens is 2. The summed E-state index contributed by atoms with van der Waals surface area (Å²) in [5.41, 5.74) is 3.22. The molecule has 0 saturated carbocycles. The summed E-state index contributed by atoms with van der Waals surface area (Å²) >= 11 is 1.13. The predicted octanol–water partition coefficient (Wildman–Crippen LogP) is 3.11. The van der Waals surface area contributed by atoms with E-state index in [2.05, 4.69) is 8.75 Å². The van der Waals surface area contributed by atoms with E-state index in [-0.39, 0.29) is 0 Å². The molecule has 0 aliphatic rings. The number of rotatable bonds is 5. The van der Waals surface area contributed by atoms with Gasteiger partial charge >= 0.3 is 5.97 Å². The first-order valence-electron chi connectivity index (χ1n) is 6.75. The second-order valence-corrected chi connectivity index (χ2v) is 5.48. The molecule has 1 atom stereocenters. The highest BCUT2D eigenvalue weighted by atomic mass is 32.1. The normalized spacial score (nSPS) is 12.2. The van der Waals surface area contributed by atoms with Crippen LogP contribution in [-0.2, 0) is 11.2 Å². The summed E-state index contributed by atoms with van der Waals surface area (Å²) < 4.78 is 13.4. The minimum atomic E-state index is -0.849. The van der Waals surface area contributed by atoms with Gasteiger partial charge in [0.2, 0.25) is 0 Å². The van der Waals surface area contributed by atoms with Crippen molar-refractivity contribution in [1.29, 1.82) is 0 Å². The van der Waals surface area contributed by atoms with Gasteiger partial charge in [-0.25, -0.2) is 0 Å². The smallest absolute Gasteiger partial charge is 0.311 e. The monoisotopic (exact) mass is 314 g/mol. The molecule has 0 spiro atoms. The van der Waals surface area contributed by atoms with Crippen molar-refractivity contribution in [2.24, 2.45) is 0 Å². The molecule has 0 bridgehead atoms. The van der Waals surface area contributed by atoms with Gasteiger partial charge in [-0.3, -0.25) is 4.79 Å². The first-order chi connectivity index (χ1) is 10.7. The topological polar surface area (TPSA) is 72.3 Å². The van der Waals surface area contributed by atoms with Crippen LogP contribution in [0.5, 0.6) is 5.75 Å². The fraction of sp³-hybridized carbons (Fsp3) is 0.188. The van der Waals surface area contributed by atoms with E-state index in [0.717, 1.165) is 39.6 Å². The fourth-order valence-electron chi connectivity index (χ4n) is 2.36. The molecule has 1 N–H and O–H groups in total. The predicted molar refractivity (Wildman–Crippen MR) is 84.5 cm³/mol. The molecule has 112 valence electrons. The number of nitrogens with zero attached hydrogens (tertiary/aromatic N) is 2. The van der Waals surface area contributed by atoms with Gasteiger partial charge in [0.25, 0.3) is 0 Å². The summed E-state index contributed by atoms with van der Waals surface area (Å²) in [6, 6.07) is 12.9. The molecule has 5 nitrogen and oxygen atoms in total. The third-order valence-corrected chi connectivity index (χ3v) is 4.13. The Morgan fingerprint density at radius 2 is 1.91 bits per heavy atom. The molecule has 0 fully saturated rings. The van der Waals surface area contributed by atoms with Crippen molar-refractivity contribution in [1.82, 2.24) is 8.75 Å². The zero-order chi connectivity index (χ0) is 15.5. The van der Waals surface area contributed by atoms with Crippen molar-refractivity contribution < 1.29 is 14.6 Å². The lowest BCUT2D eigenvalue weighted by atomic mass is 9.92. The molecule has 3 aromatic rings. The zero-order valence-corrected chi connectivity index (χ0v) is 12.7. The van der Waals surface area contributed by atoms with Crippen LogP contribution in [0.3, 0.4) is 0 Å². The Morgan fingerprint density at radius 3 is 2.59 bits per heavy atom. The number of aliphatic carboxylic acids is 1. The lowest BCUT2D eigenvalue weighted by molar-refractivity contribution is -0.138. The minimum Gasteiger partial charge on any atom is -0.497 e. The maximum absolute atomic E-state index is 11.6. The summed E-state index contributed by atoms with van der Waals surface area (Å²) in [7, 11) is 1.60. The number of hydrogen-bond donors (Lipinski definition) is 1. The Kier molecular flexibility index (Phi) is 4.02. The van der Waals surface area contributed by atoms with E-state index in [9.17, 15) is 9.90 Å². The number of ether oxygens (including phenoxy) is 1. The summed E-state index contributed by atoms with van der Waals surface area (Å²) in [5, 5.41) is 9.55. The van der Waals surface area contributed by atoms with E-state index in [4.69, 9.17) is 4.74 Å². The molecular formula is C16H14N2O3S. The van der Waals surface area contributed by atoms with Gasteiger partial charge in [-0.2, -0.15) is 8.75 Å². The van der Waals surface area contributed by atoms with Crippen LogP contribution in [0, 0.1) is 0 Å². The summed E-state index contributed by atoms with van der Waals surface area (Å²) in [6.07, 6.45) is 0.419. The quantitative estimate of drug-likeness (QED) is 0.783. The van der Waals surface area contributed by atoms with Crippen LogP contribution in [0.4, 0.5) is 0 Å². The Bertz CT molecular complexity index is 799. The second kappa shape index (κ2) is 6.11. The van der Waals surface area contributed by atoms with Crippen LogP contribution in [0.15, 0.2) is 42.5 Å². The molecule has 1 heterocycles. The van der Waals surface area contributed by atoms with Gasteiger partial charge in [-0.05, 0) is 41.8 Å². The van der Waals surface area contributed by atoms with Crippen LogP contribution >= 0.6 is 11.7 Å². The number of fused-ring (bicyclic) bond motifs is 1. The van der Waals surface area contributed by atoms with E-state index in [1.54, 1.807) is 13.2 Å². The standard InChI is InChI=1S/C16H14N2O3S/c1-21-12-5-2-10(3-6-12)8-13(16(19)20)11-4-7-14-15(9-11)18-22-17-14/h2-7,9,13H,8H2,1H3,(H,19,20). The average Bonchev–Trinajstić information content (AvgIpc) is 3.00. The summed E-state index contributed by atoms with van der Waals surface area (Å²) in [4.78, 5) is 11.6. The highest BCUT2D eigenvalue weighted by Crippen LogP contribution is 2.25. The molecule has 0 aliphatic carbocycles. The van der Waals surface area contributed by atoms with Gasteiger partial charge < -0.3 is 9.84 Å². The molecule has 2 aromatic carbocycles. The Hall–Kier alpha value is -2.47. The van der Waals surface area contributed by atoms with E-state index in [0.29, 0.717) is 6.42 Å². The summed E-state index contributed by atoms with van der Waals surface area (Å²) in [5.74, 6) is -0.705. The molecule has 1 aromatic heterocycles. The average molecular weight is 314 g/mol. The summed E-state index contributed by atoms with van der Waals surface area (Å²) in [6.45, 7) is 0. The van der Waals surface area contributed by atoms with Gasteiger partial charge in [0.15, 0.2) is 0 Å². The molecular weight excluding hydrogens is 300 g/mol. The number of carboxylic acid groups (broad SMARTS) is 1. The number of hydrogen-bond acceptors (Lipinski definition) is 5.